The molecule has 0 spiro atoms. The average molecular weight is 246 g/mol. The first kappa shape index (κ1) is 12.1. The summed E-state index contributed by atoms with van der Waals surface area (Å²) in [6, 6.07) is 4.77. The Morgan fingerprint density at radius 3 is 2.67 bits per heavy atom. The van der Waals surface area contributed by atoms with Crippen molar-refractivity contribution in [3.63, 3.8) is 0 Å². The minimum Gasteiger partial charge on any atom is -0.384 e. The molecule has 0 aromatic carbocycles. The molecule has 0 aliphatic heterocycles. The van der Waals surface area contributed by atoms with Crippen LogP contribution in [0.1, 0.15) is 12.5 Å². The Morgan fingerprint density at radius 2 is 2.06 bits per heavy atom. The molecule has 6 heteroatoms. The predicted molar refractivity (Wildman–Crippen MR) is 68.4 cm³/mol. The topological polar surface area (TPSA) is 82.9 Å². The van der Waals surface area contributed by atoms with Gasteiger partial charge in [-0.2, -0.15) is 0 Å². The van der Waals surface area contributed by atoms with Crippen LogP contribution in [-0.4, -0.2) is 14.1 Å². The Labute approximate surface area is 103 Å². The van der Waals surface area contributed by atoms with Crippen molar-refractivity contribution in [2.24, 2.45) is 0 Å². The molecule has 2 rings (SSSR count). The third kappa shape index (κ3) is 2.32. The summed E-state index contributed by atoms with van der Waals surface area (Å²) in [5.74, 6) is 0.408. The summed E-state index contributed by atoms with van der Waals surface area (Å²) in [4.78, 5) is 27.6. The summed E-state index contributed by atoms with van der Waals surface area (Å²) in [6.07, 6.45) is 3.06. The number of nitrogens with zero attached hydrogens (tertiary/aromatic N) is 3. The lowest BCUT2D eigenvalue weighted by Crippen LogP contribution is -2.39. The fourth-order valence-electron chi connectivity index (χ4n) is 1.66. The van der Waals surface area contributed by atoms with E-state index in [0.717, 1.165) is 5.56 Å². The second-order valence-electron chi connectivity index (χ2n) is 3.90. The first-order chi connectivity index (χ1) is 8.61. The van der Waals surface area contributed by atoms with Gasteiger partial charge in [0.25, 0.3) is 5.56 Å². The van der Waals surface area contributed by atoms with Gasteiger partial charge in [0.2, 0.25) is 0 Å². The molecule has 2 aromatic rings. The van der Waals surface area contributed by atoms with Gasteiger partial charge in [-0.15, -0.1) is 0 Å². The van der Waals surface area contributed by atoms with Crippen LogP contribution in [0.15, 0.2) is 40.2 Å². The van der Waals surface area contributed by atoms with E-state index in [0.29, 0.717) is 12.4 Å². The zero-order chi connectivity index (χ0) is 13.1. The number of aromatic nitrogens is 3. The fourth-order valence-corrected chi connectivity index (χ4v) is 1.66. The highest BCUT2D eigenvalue weighted by molar-refractivity contribution is 5.29. The van der Waals surface area contributed by atoms with Crippen molar-refractivity contribution in [3.05, 3.63) is 57.0 Å². The number of nitrogens with two attached hydrogens (primary N) is 1. The van der Waals surface area contributed by atoms with Crippen LogP contribution in [0.5, 0.6) is 0 Å². The molecule has 0 saturated carbocycles. The molecule has 2 heterocycles. The van der Waals surface area contributed by atoms with Gasteiger partial charge in [0, 0.05) is 25.0 Å². The second-order valence-corrected chi connectivity index (χ2v) is 3.90. The summed E-state index contributed by atoms with van der Waals surface area (Å²) >= 11 is 0. The van der Waals surface area contributed by atoms with Crippen LogP contribution in [0, 0.1) is 0 Å². The zero-order valence-electron chi connectivity index (χ0n) is 10.0. The molecule has 0 aliphatic carbocycles. The Hall–Kier alpha value is -2.37. The SMILES string of the molecule is CCn1ccc(=O)n(Cc2ccc(N)nc2)c1=O. The van der Waals surface area contributed by atoms with Crippen molar-refractivity contribution in [3.8, 4) is 0 Å². The van der Waals surface area contributed by atoms with E-state index in [1.54, 1.807) is 18.3 Å². The fraction of sp³-hybridized carbons (Fsp3) is 0.250. The van der Waals surface area contributed by atoms with E-state index < -0.39 is 0 Å². The maximum Gasteiger partial charge on any atom is 0.331 e. The molecule has 0 bridgehead atoms. The Morgan fingerprint density at radius 1 is 1.28 bits per heavy atom. The van der Waals surface area contributed by atoms with Gasteiger partial charge in [-0.05, 0) is 18.6 Å². The molecular formula is C12H14N4O2. The summed E-state index contributed by atoms with van der Waals surface area (Å²) in [5.41, 5.74) is 5.61. The smallest absolute Gasteiger partial charge is 0.331 e. The lowest BCUT2D eigenvalue weighted by molar-refractivity contribution is 0.599. The molecule has 6 nitrogen and oxygen atoms in total. The lowest BCUT2D eigenvalue weighted by atomic mass is 10.3. The first-order valence-corrected chi connectivity index (χ1v) is 5.62. The maximum absolute atomic E-state index is 12.0. The van der Waals surface area contributed by atoms with E-state index in [1.807, 2.05) is 6.92 Å². The molecule has 2 N–H and O–H groups in total. The van der Waals surface area contributed by atoms with Crippen LogP contribution in [0.2, 0.25) is 0 Å². The third-order valence-corrected chi connectivity index (χ3v) is 2.67. The summed E-state index contributed by atoms with van der Waals surface area (Å²) in [7, 11) is 0. The summed E-state index contributed by atoms with van der Waals surface area (Å²) < 4.78 is 2.66. The molecule has 0 atom stereocenters. The maximum atomic E-state index is 12.0. The number of nitrogen functional groups attached to an aromatic ring is 1. The monoisotopic (exact) mass is 246 g/mol. The molecule has 0 radical (unpaired) electrons. The Bertz CT molecular complexity index is 655. The van der Waals surface area contributed by atoms with Gasteiger partial charge in [0.05, 0.1) is 6.54 Å². The highest BCUT2D eigenvalue weighted by Crippen LogP contribution is 2.01. The Kier molecular flexibility index (Phi) is 3.27. The quantitative estimate of drug-likeness (QED) is 0.829. The second kappa shape index (κ2) is 4.87. The van der Waals surface area contributed by atoms with Crippen LogP contribution in [0.25, 0.3) is 0 Å². The zero-order valence-corrected chi connectivity index (χ0v) is 10.0. The van der Waals surface area contributed by atoms with E-state index in [1.165, 1.54) is 21.4 Å². The van der Waals surface area contributed by atoms with Gasteiger partial charge in [-0.25, -0.2) is 9.78 Å². The van der Waals surface area contributed by atoms with Gasteiger partial charge in [0.1, 0.15) is 5.82 Å². The normalized spacial score (nSPS) is 10.5. The largest absolute Gasteiger partial charge is 0.384 e. The predicted octanol–water partition coefficient (Wildman–Crippen LogP) is 0.0554. The molecule has 18 heavy (non-hydrogen) atoms. The van der Waals surface area contributed by atoms with Crippen LogP contribution in [-0.2, 0) is 13.1 Å². The number of rotatable bonds is 3. The van der Waals surface area contributed by atoms with Crippen LogP contribution >= 0.6 is 0 Å². The van der Waals surface area contributed by atoms with Crippen molar-refractivity contribution in [2.75, 3.05) is 5.73 Å². The minimum atomic E-state index is -0.318. The van der Waals surface area contributed by atoms with Crippen molar-refractivity contribution in [1.29, 1.82) is 0 Å². The highest BCUT2D eigenvalue weighted by Gasteiger charge is 2.05. The summed E-state index contributed by atoms with van der Waals surface area (Å²) in [6.45, 7) is 2.58. The molecule has 0 saturated heterocycles. The summed E-state index contributed by atoms with van der Waals surface area (Å²) in [5, 5.41) is 0. The van der Waals surface area contributed by atoms with E-state index in [9.17, 15) is 9.59 Å². The van der Waals surface area contributed by atoms with E-state index in [4.69, 9.17) is 5.73 Å². The highest BCUT2D eigenvalue weighted by atomic mass is 16.2. The van der Waals surface area contributed by atoms with Gasteiger partial charge < -0.3 is 10.3 Å². The molecule has 0 unspecified atom stereocenters. The molecular weight excluding hydrogens is 232 g/mol. The van der Waals surface area contributed by atoms with Crippen molar-refractivity contribution >= 4 is 5.82 Å². The average Bonchev–Trinajstić information content (AvgIpc) is 2.37. The van der Waals surface area contributed by atoms with Crippen molar-refractivity contribution in [2.45, 2.75) is 20.0 Å². The molecule has 0 amide bonds. The Balaban J connectivity index is 2.43. The number of hydrogen-bond donors (Lipinski definition) is 1. The molecule has 0 fully saturated rings. The van der Waals surface area contributed by atoms with Crippen molar-refractivity contribution in [1.82, 2.24) is 14.1 Å². The van der Waals surface area contributed by atoms with E-state index in [2.05, 4.69) is 4.98 Å². The van der Waals surface area contributed by atoms with Gasteiger partial charge >= 0.3 is 5.69 Å². The molecule has 2 aromatic heterocycles. The first-order valence-electron chi connectivity index (χ1n) is 5.62. The minimum absolute atomic E-state index is 0.200. The van der Waals surface area contributed by atoms with Gasteiger partial charge in [0.15, 0.2) is 0 Å². The third-order valence-electron chi connectivity index (χ3n) is 2.67. The molecule has 0 aliphatic rings. The molecule has 94 valence electrons. The van der Waals surface area contributed by atoms with Crippen LogP contribution in [0.3, 0.4) is 0 Å². The van der Waals surface area contributed by atoms with Crippen molar-refractivity contribution < 1.29 is 0 Å². The number of pyridine rings is 1. The van der Waals surface area contributed by atoms with Gasteiger partial charge in [-0.3, -0.25) is 9.36 Å². The lowest BCUT2D eigenvalue weighted by Gasteiger charge is -2.08. The number of hydrogen-bond acceptors (Lipinski definition) is 4. The van der Waals surface area contributed by atoms with Crippen LogP contribution < -0.4 is 17.0 Å². The standard InChI is InChI=1S/C12H14N4O2/c1-2-15-6-5-11(17)16(12(15)18)8-9-3-4-10(13)14-7-9/h3-7H,2,8H2,1H3,(H2,13,14). The van der Waals surface area contributed by atoms with E-state index >= 15 is 0 Å². The van der Waals surface area contributed by atoms with Gasteiger partial charge in [-0.1, -0.05) is 6.07 Å². The van der Waals surface area contributed by atoms with Crippen LogP contribution in [0.4, 0.5) is 5.82 Å². The number of aryl methyl sites for hydroxylation is 1. The van der Waals surface area contributed by atoms with E-state index in [-0.39, 0.29) is 17.8 Å². The number of anilines is 1.